The van der Waals surface area contributed by atoms with E-state index >= 15 is 0 Å². The smallest absolute Gasteiger partial charge is 0.263 e. The molecule has 36 heavy (non-hydrogen) atoms. The number of rotatable bonds is 7. The van der Waals surface area contributed by atoms with E-state index in [4.69, 9.17) is 0 Å². The van der Waals surface area contributed by atoms with Gasteiger partial charge in [-0.1, -0.05) is 30.4 Å². The van der Waals surface area contributed by atoms with Gasteiger partial charge in [0.15, 0.2) is 0 Å². The van der Waals surface area contributed by atoms with Crippen LogP contribution in [0.15, 0.2) is 90.1 Å². The lowest BCUT2D eigenvalue weighted by Gasteiger charge is -2.08. The van der Waals surface area contributed by atoms with Gasteiger partial charge in [0, 0.05) is 42.1 Å². The van der Waals surface area contributed by atoms with Gasteiger partial charge in [0.25, 0.3) is 17.4 Å². The summed E-state index contributed by atoms with van der Waals surface area (Å²) in [5, 5.41) is 5.65. The number of nitrogens with zero attached hydrogens (tertiary/aromatic N) is 2. The molecule has 0 aliphatic carbocycles. The summed E-state index contributed by atoms with van der Waals surface area (Å²) in [5.41, 5.74) is 4.35. The number of carbonyl (C=O) groups is 2. The maximum absolute atomic E-state index is 12.7. The van der Waals surface area contributed by atoms with Gasteiger partial charge >= 0.3 is 0 Å². The first-order valence-corrected chi connectivity index (χ1v) is 11.4. The summed E-state index contributed by atoms with van der Waals surface area (Å²) in [6.45, 7) is 0.534. The standard InChI is InChI=1S/C28H23N5O3/c34-26(23-9-5-15-33(28(23)36)18-21-7-1-2-12-30-21)31-14-3-6-19-10-11-22-24(17-20-8-4-13-29-20)27(35)32-25(22)16-19/h1-13,15-17,29H,14,18H2,(H,31,34)(H,32,35)/b6-3+,24-17-. The summed E-state index contributed by atoms with van der Waals surface area (Å²) >= 11 is 0. The van der Waals surface area contributed by atoms with E-state index in [9.17, 15) is 14.4 Å². The zero-order valence-corrected chi connectivity index (χ0v) is 19.3. The zero-order chi connectivity index (χ0) is 24.9. The molecular formula is C28H23N5O3. The fourth-order valence-corrected chi connectivity index (χ4v) is 3.99. The van der Waals surface area contributed by atoms with E-state index in [0.29, 0.717) is 5.57 Å². The van der Waals surface area contributed by atoms with E-state index in [1.165, 1.54) is 10.6 Å². The summed E-state index contributed by atoms with van der Waals surface area (Å²) in [5.74, 6) is -0.593. The average Bonchev–Trinajstić information content (AvgIpc) is 3.51. The molecule has 0 radical (unpaired) electrons. The van der Waals surface area contributed by atoms with E-state index in [0.717, 1.165) is 28.2 Å². The van der Waals surface area contributed by atoms with Crippen molar-refractivity contribution in [3.05, 3.63) is 124 Å². The third-order valence-electron chi connectivity index (χ3n) is 5.76. The Kier molecular flexibility index (Phi) is 6.40. The number of H-pyrrole nitrogens is 1. The van der Waals surface area contributed by atoms with Crippen LogP contribution in [0.3, 0.4) is 0 Å². The first kappa shape index (κ1) is 22.8. The lowest BCUT2D eigenvalue weighted by atomic mass is 10.0. The van der Waals surface area contributed by atoms with Crippen molar-refractivity contribution in [2.45, 2.75) is 6.54 Å². The summed E-state index contributed by atoms with van der Waals surface area (Å²) in [6, 6.07) is 18.1. The minimum Gasteiger partial charge on any atom is -0.362 e. The van der Waals surface area contributed by atoms with Gasteiger partial charge in [-0.25, -0.2) is 0 Å². The molecule has 0 saturated heterocycles. The summed E-state index contributed by atoms with van der Waals surface area (Å²) in [6.07, 6.45) is 10.6. The Labute approximate surface area is 207 Å². The molecule has 8 heteroatoms. The monoisotopic (exact) mass is 477 g/mol. The Morgan fingerprint density at radius 3 is 2.78 bits per heavy atom. The van der Waals surface area contributed by atoms with E-state index in [2.05, 4.69) is 20.6 Å². The van der Waals surface area contributed by atoms with Gasteiger partial charge in [0.1, 0.15) is 5.56 Å². The van der Waals surface area contributed by atoms with Gasteiger partial charge in [0.05, 0.1) is 17.8 Å². The van der Waals surface area contributed by atoms with E-state index in [1.54, 1.807) is 24.5 Å². The molecule has 8 nitrogen and oxygen atoms in total. The minimum atomic E-state index is -0.444. The maximum Gasteiger partial charge on any atom is 0.263 e. The van der Waals surface area contributed by atoms with Gasteiger partial charge in [-0.15, -0.1) is 0 Å². The Morgan fingerprint density at radius 2 is 1.97 bits per heavy atom. The molecule has 4 aromatic rings. The predicted octanol–water partition coefficient (Wildman–Crippen LogP) is 3.56. The number of carbonyl (C=O) groups excluding carboxylic acids is 2. The molecule has 0 atom stereocenters. The number of anilines is 1. The highest BCUT2D eigenvalue weighted by Gasteiger charge is 2.24. The number of benzene rings is 1. The molecule has 0 saturated carbocycles. The van der Waals surface area contributed by atoms with Crippen LogP contribution in [-0.2, 0) is 11.3 Å². The van der Waals surface area contributed by atoms with Crippen molar-refractivity contribution >= 4 is 35.2 Å². The number of amides is 2. The first-order chi connectivity index (χ1) is 17.6. The second kappa shape index (κ2) is 10.1. The molecule has 5 rings (SSSR count). The second-order valence-electron chi connectivity index (χ2n) is 8.23. The number of hydrogen-bond acceptors (Lipinski definition) is 4. The van der Waals surface area contributed by atoms with Gasteiger partial charge < -0.3 is 20.2 Å². The lowest BCUT2D eigenvalue weighted by Crippen LogP contribution is -2.33. The third kappa shape index (κ3) is 4.92. The molecule has 0 fully saturated rings. The number of fused-ring (bicyclic) bond motifs is 1. The maximum atomic E-state index is 12.7. The minimum absolute atomic E-state index is 0.0726. The predicted molar refractivity (Wildman–Crippen MR) is 139 cm³/mol. The van der Waals surface area contributed by atoms with Crippen LogP contribution in [0, 0.1) is 0 Å². The normalized spacial score (nSPS) is 13.7. The number of aromatic amines is 1. The van der Waals surface area contributed by atoms with Crippen molar-refractivity contribution in [3.8, 4) is 0 Å². The highest BCUT2D eigenvalue weighted by Crippen LogP contribution is 2.33. The molecule has 1 aliphatic heterocycles. The molecule has 178 valence electrons. The van der Waals surface area contributed by atoms with E-state index < -0.39 is 5.91 Å². The van der Waals surface area contributed by atoms with Crippen LogP contribution in [0.5, 0.6) is 0 Å². The second-order valence-corrected chi connectivity index (χ2v) is 8.23. The van der Waals surface area contributed by atoms with Crippen molar-refractivity contribution in [2.75, 3.05) is 11.9 Å². The van der Waals surface area contributed by atoms with Crippen LogP contribution in [-0.4, -0.2) is 32.9 Å². The van der Waals surface area contributed by atoms with Gasteiger partial charge in [-0.2, -0.15) is 0 Å². The number of hydrogen-bond donors (Lipinski definition) is 3. The SMILES string of the molecule is O=C1Nc2cc(/C=C/CNC(=O)c3cccn(Cc4ccccn4)c3=O)ccc2/C1=C/c1ccc[nH]1. The van der Waals surface area contributed by atoms with Crippen molar-refractivity contribution in [1.29, 1.82) is 0 Å². The summed E-state index contributed by atoms with van der Waals surface area (Å²) in [7, 11) is 0. The van der Waals surface area contributed by atoms with Gasteiger partial charge in [-0.05, 0) is 54.1 Å². The van der Waals surface area contributed by atoms with Crippen molar-refractivity contribution in [1.82, 2.24) is 19.9 Å². The molecule has 2 amide bonds. The first-order valence-electron chi connectivity index (χ1n) is 11.4. The third-order valence-corrected chi connectivity index (χ3v) is 5.76. The van der Waals surface area contributed by atoms with E-state index in [1.807, 2.05) is 66.9 Å². The highest BCUT2D eigenvalue weighted by molar-refractivity contribution is 6.34. The van der Waals surface area contributed by atoms with Crippen LogP contribution in [0.2, 0.25) is 0 Å². The zero-order valence-electron chi connectivity index (χ0n) is 19.3. The molecule has 3 aromatic heterocycles. The fourth-order valence-electron chi connectivity index (χ4n) is 3.99. The van der Waals surface area contributed by atoms with Crippen molar-refractivity contribution < 1.29 is 9.59 Å². The Balaban J connectivity index is 1.22. The Morgan fingerprint density at radius 1 is 1.06 bits per heavy atom. The summed E-state index contributed by atoms with van der Waals surface area (Å²) < 4.78 is 1.46. The van der Waals surface area contributed by atoms with Crippen LogP contribution in [0.25, 0.3) is 17.7 Å². The van der Waals surface area contributed by atoms with Crippen LogP contribution in [0.4, 0.5) is 5.69 Å². The Hall–Kier alpha value is -4.98. The number of nitrogens with one attached hydrogen (secondary N) is 3. The summed E-state index contributed by atoms with van der Waals surface area (Å²) in [4.78, 5) is 45.1. The quantitative estimate of drug-likeness (QED) is 0.354. The van der Waals surface area contributed by atoms with Crippen LogP contribution >= 0.6 is 0 Å². The fraction of sp³-hybridized carbons (Fsp3) is 0.0714. The number of aromatic nitrogens is 3. The molecule has 0 unspecified atom stereocenters. The van der Waals surface area contributed by atoms with Gasteiger partial charge in [0.2, 0.25) is 0 Å². The molecule has 0 spiro atoms. The lowest BCUT2D eigenvalue weighted by molar-refractivity contribution is -0.110. The van der Waals surface area contributed by atoms with Crippen molar-refractivity contribution in [3.63, 3.8) is 0 Å². The highest BCUT2D eigenvalue weighted by atomic mass is 16.2. The molecule has 3 N–H and O–H groups in total. The Bertz CT molecular complexity index is 1530. The van der Waals surface area contributed by atoms with Gasteiger partial charge in [-0.3, -0.25) is 19.4 Å². The number of pyridine rings is 2. The molecule has 4 heterocycles. The molecule has 1 aromatic carbocycles. The molecule has 1 aliphatic rings. The van der Waals surface area contributed by atoms with Crippen LogP contribution < -0.4 is 16.2 Å². The van der Waals surface area contributed by atoms with Crippen molar-refractivity contribution in [2.24, 2.45) is 0 Å². The molecular weight excluding hydrogens is 454 g/mol. The van der Waals surface area contributed by atoms with Crippen LogP contribution in [0.1, 0.15) is 32.9 Å². The molecule has 0 bridgehead atoms. The van der Waals surface area contributed by atoms with E-state index in [-0.39, 0.29) is 30.1 Å². The topological polar surface area (TPSA) is 109 Å². The average molecular weight is 478 g/mol. The largest absolute Gasteiger partial charge is 0.362 e.